The number of carbonyl (C=O) groups excluding carboxylic acids is 2. The zero-order valence-electron chi connectivity index (χ0n) is 21.3. The van der Waals surface area contributed by atoms with E-state index in [0.717, 1.165) is 20.8 Å². The molecule has 1 aliphatic heterocycles. The number of benzene rings is 3. The van der Waals surface area contributed by atoms with Gasteiger partial charge < -0.3 is 15.0 Å². The van der Waals surface area contributed by atoms with E-state index in [-0.39, 0.29) is 28.8 Å². The van der Waals surface area contributed by atoms with Crippen molar-refractivity contribution in [3.8, 4) is 6.07 Å². The normalized spacial score (nSPS) is 22.4. The van der Waals surface area contributed by atoms with Crippen molar-refractivity contribution in [2.45, 2.75) is 59.4 Å². The van der Waals surface area contributed by atoms with Crippen LogP contribution in [0.3, 0.4) is 0 Å². The maximum Gasteiger partial charge on any atom is 0.410 e. The van der Waals surface area contributed by atoms with E-state index in [4.69, 9.17) is 16.3 Å². The molecule has 1 N–H and O–H groups in total. The lowest BCUT2D eigenvalue weighted by molar-refractivity contribution is -0.140. The SMILES string of the molecule is N#CC1(NC(=O)O[C@H]2C[C@@H](S(=O)(=O)c3ccccc3Cl)CN2C(=O)C2(c3ccc(Br)c4ccccc34)CC2)CC1. The smallest absolute Gasteiger partial charge is 0.410 e. The van der Waals surface area contributed by atoms with Gasteiger partial charge >= 0.3 is 6.09 Å². The quantitative estimate of drug-likeness (QED) is 0.381. The molecule has 206 valence electrons. The lowest BCUT2D eigenvalue weighted by Crippen LogP contribution is -2.47. The van der Waals surface area contributed by atoms with Gasteiger partial charge in [0, 0.05) is 17.4 Å². The van der Waals surface area contributed by atoms with Crippen LogP contribution >= 0.6 is 27.5 Å². The minimum absolute atomic E-state index is 0.0272. The molecule has 2 atom stereocenters. The van der Waals surface area contributed by atoms with Crippen molar-refractivity contribution in [1.82, 2.24) is 10.2 Å². The highest BCUT2D eigenvalue weighted by molar-refractivity contribution is 9.10. The number of sulfone groups is 1. The first-order valence-corrected chi connectivity index (χ1v) is 15.7. The number of likely N-dealkylation sites (tertiary alicyclic amines) is 1. The Bertz CT molecular complexity index is 1700. The molecule has 2 saturated carbocycles. The molecule has 3 aliphatic rings. The van der Waals surface area contributed by atoms with Crippen LogP contribution in [0, 0.1) is 11.3 Å². The highest BCUT2D eigenvalue weighted by Crippen LogP contribution is 2.53. The number of fused-ring (bicyclic) bond motifs is 1. The molecule has 3 fully saturated rings. The molecule has 2 aliphatic carbocycles. The summed E-state index contributed by atoms with van der Waals surface area (Å²) in [6, 6.07) is 19.9. The average molecular weight is 643 g/mol. The molecule has 0 bridgehead atoms. The Morgan fingerprint density at radius 3 is 2.35 bits per heavy atom. The van der Waals surface area contributed by atoms with Gasteiger partial charge in [-0.1, -0.05) is 70.0 Å². The Balaban J connectivity index is 1.35. The molecule has 0 unspecified atom stereocenters. The first-order valence-electron chi connectivity index (χ1n) is 13.0. The molecule has 8 nitrogen and oxygen atoms in total. The van der Waals surface area contributed by atoms with Gasteiger partial charge in [0.05, 0.1) is 26.7 Å². The molecule has 0 aromatic heterocycles. The van der Waals surface area contributed by atoms with Gasteiger partial charge in [-0.3, -0.25) is 4.79 Å². The number of carbonyl (C=O) groups is 2. The van der Waals surface area contributed by atoms with Gasteiger partial charge in [0.25, 0.3) is 0 Å². The van der Waals surface area contributed by atoms with Crippen molar-refractivity contribution >= 4 is 60.1 Å². The Hall–Kier alpha value is -3.13. The number of alkyl carbamates (subject to hydrolysis) is 1. The Morgan fingerprint density at radius 1 is 1.02 bits per heavy atom. The molecular formula is C29H25BrClN3O5S. The van der Waals surface area contributed by atoms with Crippen molar-refractivity contribution in [2.75, 3.05) is 6.54 Å². The van der Waals surface area contributed by atoms with E-state index >= 15 is 0 Å². The standard InChI is InChI=1S/C29H25BrClN3O5S/c30-22-10-9-21(19-5-1-2-6-20(19)22)29(13-14-29)26(35)34-16-18(40(37,38)24-8-4-3-7-23(24)31)15-25(34)39-27(36)33-28(17-32)11-12-28/h1-10,18,25H,11-16H2,(H,33,36)/t18-,25+/m1/s1. The van der Waals surface area contributed by atoms with Crippen molar-refractivity contribution in [1.29, 1.82) is 5.26 Å². The molecule has 40 heavy (non-hydrogen) atoms. The van der Waals surface area contributed by atoms with Crippen molar-refractivity contribution in [2.24, 2.45) is 0 Å². The van der Waals surface area contributed by atoms with Crippen LogP contribution < -0.4 is 5.32 Å². The van der Waals surface area contributed by atoms with E-state index in [1.54, 1.807) is 12.1 Å². The van der Waals surface area contributed by atoms with Crippen LogP contribution in [0.1, 0.15) is 37.7 Å². The number of nitrogens with one attached hydrogen (secondary N) is 1. The van der Waals surface area contributed by atoms with E-state index in [0.29, 0.717) is 25.7 Å². The van der Waals surface area contributed by atoms with Crippen LogP contribution in [-0.4, -0.2) is 48.9 Å². The maximum atomic E-state index is 14.3. The maximum absolute atomic E-state index is 14.3. The number of rotatable bonds is 6. The highest BCUT2D eigenvalue weighted by Gasteiger charge is 2.58. The Labute approximate surface area is 245 Å². The molecule has 0 spiro atoms. The average Bonchev–Trinajstić information content (AvgIpc) is 3.86. The molecule has 2 amide bonds. The van der Waals surface area contributed by atoms with Crippen molar-refractivity contribution < 1.29 is 22.7 Å². The summed E-state index contributed by atoms with van der Waals surface area (Å²) in [4.78, 5) is 28.5. The van der Waals surface area contributed by atoms with E-state index in [1.165, 1.54) is 17.0 Å². The molecule has 1 heterocycles. The molecule has 3 aromatic rings. The number of hydrogen-bond acceptors (Lipinski definition) is 6. The van der Waals surface area contributed by atoms with Gasteiger partial charge in [0.2, 0.25) is 5.91 Å². The fourth-order valence-corrected chi connectivity index (χ4v) is 8.26. The summed E-state index contributed by atoms with van der Waals surface area (Å²) in [7, 11) is -3.96. The molecule has 6 rings (SSSR count). The minimum Gasteiger partial charge on any atom is -0.425 e. The van der Waals surface area contributed by atoms with Gasteiger partial charge in [0.15, 0.2) is 16.1 Å². The third-order valence-electron chi connectivity index (χ3n) is 8.15. The second-order valence-electron chi connectivity index (χ2n) is 10.7. The molecule has 11 heteroatoms. The second kappa shape index (κ2) is 9.75. The van der Waals surface area contributed by atoms with Gasteiger partial charge in [-0.05, 0) is 60.2 Å². The van der Waals surface area contributed by atoms with Crippen molar-refractivity contribution in [3.63, 3.8) is 0 Å². The van der Waals surface area contributed by atoms with Crippen LogP contribution in [0.5, 0.6) is 0 Å². The van der Waals surface area contributed by atoms with Gasteiger partial charge in [-0.2, -0.15) is 5.26 Å². The van der Waals surface area contributed by atoms with Crippen LogP contribution in [0.4, 0.5) is 4.79 Å². The highest BCUT2D eigenvalue weighted by atomic mass is 79.9. The van der Waals surface area contributed by atoms with Crippen LogP contribution in [-0.2, 0) is 24.8 Å². The first kappa shape index (κ1) is 27.1. The third kappa shape index (κ3) is 4.54. The van der Waals surface area contributed by atoms with Crippen LogP contribution in [0.25, 0.3) is 10.8 Å². The number of nitriles is 1. The molecule has 0 radical (unpaired) electrons. The first-order chi connectivity index (χ1) is 19.1. The monoisotopic (exact) mass is 641 g/mol. The third-order valence-corrected chi connectivity index (χ3v) is 11.5. The van der Waals surface area contributed by atoms with Crippen molar-refractivity contribution in [3.05, 3.63) is 75.7 Å². The lowest BCUT2D eigenvalue weighted by Gasteiger charge is -2.29. The van der Waals surface area contributed by atoms with Crippen LogP contribution in [0.2, 0.25) is 5.02 Å². The Kier molecular flexibility index (Phi) is 6.60. The summed E-state index contributed by atoms with van der Waals surface area (Å²) >= 11 is 9.83. The zero-order valence-corrected chi connectivity index (χ0v) is 24.4. The summed E-state index contributed by atoms with van der Waals surface area (Å²) < 4.78 is 33.9. The van der Waals surface area contributed by atoms with E-state index in [9.17, 15) is 23.3 Å². The van der Waals surface area contributed by atoms with E-state index in [2.05, 4.69) is 27.3 Å². The number of nitrogens with zero attached hydrogens (tertiary/aromatic N) is 2. The summed E-state index contributed by atoms with van der Waals surface area (Å²) in [5.74, 6) is -0.281. The number of hydrogen-bond donors (Lipinski definition) is 1. The second-order valence-corrected chi connectivity index (χ2v) is 14.2. The number of halogens is 2. The van der Waals surface area contributed by atoms with Gasteiger partial charge in [-0.15, -0.1) is 0 Å². The topological polar surface area (TPSA) is 117 Å². The summed E-state index contributed by atoms with van der Waals surface area (Å²) in [6.07, 6.45) is 0.118. The number of amides is 2. The van der Waals surface area contributed by atoms with E-state index in [1.807, 2.05) is 36.4 Å². The lowest BCUT2D eigenvalue weighted by atomic mass is 9.89. The van der Waals surface area contributed by atoms with E-state index < -0.39 is 38.4 Å². The molecule has 3 aromatic carbocycles. The minimum atomic E-state index is -3.96. The summed E-state index contributed by atoms with van der Waals surface area (Å²) in [5.41, 5.74) is -0.966. The molecule has 1 saturated heterocycles. The Morgan fingerprint density at radius 2 is 1.70 bits per heavy atom. The van der Waals surface area contributed by atoms with Gasteiger partial charge in [0.1, 0.15) is 5.54 Å². The number of ether oxygens (including phenoxy) is 1. The molecular weight excluding hydrogens is 618 g/mol. The summed E-state index contributed by atoms with van der Waals surface area (Å²) in [5, 5.41) is 12.9. The predicted octanol–water partition coefficient (Wildman–Crippen LogP) is 5.47. The fourth-order valence-electron chi connectivity index (χ4n) is 5.58. The predicted molar refractivity (Wildman–Crippen MR) is 152 cm³/mol. The summed E-state index contributed by atoms with van der Waals surface area (Å²) in [6.45, 7) is -0.149. The van der Waals surface area contributed by atoms with Crippen LogP contribution in [0.15, 0.2) is 70.0 Å². The largest absolute Gasteiger partial charge is 0.425 e. The fraction of sp³-hybridized carbons (Fsp3) is 0.345. The van der Waals surface area contributed by atoms with Gasteiger partial charge in [-0.25, -0.2) is 13.2 Å². The zero-order chi connectivity index (χ0) is 28.3.